The highest BCUT2D eigenvalue weighted by atomic mass is 16.5. The minimum absolute atomic E-state index is 0.0395. The quantitative estimate of drug-likeness (QED) is 0.874. The summed E-state index contributed by atoms with van der Waals surface area (Å²) in [7, 11) is 0. The topological polar surface area (TPSA) is 41.6 Å². The molecule has 1 fully saturated rings. The highest BCUT2D eigenvalue weighted by Gasteiger charge is 2.22. The second-order valence-corrected chi connectivity index (χ2v) is 4.65. The molecule has 1 heterocycles. The van der Waals surface area contributed by atoms with Crippen molar-refractivity contribution in [2.75, 3.05) is 25.0 Å². The molecule has 2 amide bonds. The van der Waals surface area contributed by atoms with Crippen molar-refractivity contribution in [2.24, 2.45) is 0 Å². The lowest BCUT2D eigenvalue weighted by molar-refractivity contribution is -0.0134. The molecule has 1 unspecified atom stereocenters. The van der Waals surface area contributed by atoms with Gasteiger partial charge >= 0.3 is 6.03 Å². The molecule has 1 aliphatic rings. The summed E-state index contributed by atoms with van der Waals surface area (Å²) in [4.78, 5) is 13.9. The molecule has 4 nitrogen and oxygen atoms in total. The van der Waals surface area contributed by atoms with Crippen molar-refractivity contribution in [1.29, 1.82) is 0 Å². The second-order valence-electron chi connectivity index (χ2n) is 4.65. The average molecular weight is 248 g/mol. The number of ether oxygens (including phenoxy) is 1. The molecule has 1 aliphatic heterocycles. The summed E-state index contributed by atoms with van der Waals surface area (Å²) in [5.41, 5.74) is 1.99. The molecule has 1 saturated heterocycles. The smallest absolute Gasteiger partial charge is 0.322 e. The van der Waals surface area contributed by atoms with Crippen molar-refractivity contribution in [2.45, 2.75) is 26.4 Å². The van der Waals surface area contributed by atoms with Crippen LogP contribution >= 0.6 is 0 Å². The van der Waals surface area contributed by atoms with Gasteiger partial charge < -0.3 is 15.0 Å². The normalized spacial score (nSPS) is 19.7. The van der Waals surface area contributed by atoms with E-state index in [1.807, 2.05) is 36.1 Å². The average Bonchev–Trinajstić information content (AvgIpc) is 2.39. The Morgan fingerprint density at radius 3 is 3.11 bits per heavy atom. The van der Waals surface area contributed by atoms with E-state index in [-0.39, 0.29) is 12.1 Å². The Bertz CT molecular complexity index is 420. The number of nitrogens with one attached hydrogen (secondary N) is 1. The Hall–Kier alpha value is -1.55. The largest absolute Gasteiger partial charge is 0.375 e. The van der Waals surface area contributed by atoms with Gasteiger partial charge in [0.15, 0.2) is 0 Å². The Kier molecular flexibility index (Phi) is 4.20. The third-order valence-corrected chi connectivity index (χ3v) is 3.15. The van der Waals surface area contributed by atoms with Crippen LogP contribution in [0.5, 0.6) is 0 Å². The lowest BCUT2D eigenvalue weighted by Gasteiger charge is -2.32. The molecule has 98 valence electrons. The minimum atomic E-state index is -0.0395. The number of rotatable bonds is 2. The Morgan fingerprint density at radius 1 is 1.56 bits per heavy atom. The Labute approximate surface area is 108 Å². The Balaban J connectivity index is 1.95. The second kappa shape index (κ2) is 5.87. The van der Waals surface area contributed by atoms with Gasteiger partial charge in [-0.3, -0.25) is 0 Å². The van der Waals surface area contributed by atoms with Gasteiger partial charge in [0.25, 0.3) is 0 Å². The number of morpholine rings is 1. The maximum atomic E-state index is 12.1. The van der Waals surface area contributed by atoms with Crippen LogP contribution in [0, 0.1) is 6.92 Å². The molecular weight excluding hydrogens is 228 g/mol. The van der Waals surface area contributed by atoms with Crippen molar-refractivity contribution < 1.29 is 9.53 Å². The van der Waals surface area contributed by atoms with Crippen LogP contribution < -0.4 is 5.32 Å². The van der Waals surface area contributed by atoms with E-state index in [1.54, 1.807) is 0 Å². The molecule has 1 atom stereocenters. The molecule has 0 aromatic heterocycles. The number of hydrogen-bond acceptors (Lipinski definition) is 2. The summed E-state index contributed by atoms with van der Waals surface area (Å²) in [5, 5.41) is 2.93. The zero-order chi connectivity index (χ0) is 13.0. The molecule has 0 radical (unpaired) electrons. The third-order valence-electron chi connectivity index (χ3n) is 3.15. The van der Waals surface area contributed by atoms with E-state index in [9.17, 15) is 4.79 Å². The van der Waals surface area contributed by atoms with Gasteiger partial charge in [-0.25, -0.2) is 4.79 Å². The fourth-order valence-electron chi connectivity index (χ4n) is 2.08. The van der Waals surface area contributed by atoms with Crippen LogP contribution in [0.15, 0.2) is 24.3 Å². The number of anilines is 1. The number of carbonyl (C=O) groups excluding carboxylic acids is 1. The first-order valence-electron chi connectivity index (χ1n) is 6.43. The molecule has 2 rings (SSSR count). The molecule has 0 saturated carbocycles. The molecule has 18 heavy (non-hydrogen) atoms. The summed E-state index contributed by atoms with van der Waals surface area (Å²) in [5.74, 6) is 0. The van der Waals surface area contributed by atoms with E-state index in [0.717, 1.165) is 17.7 Å². The van der Waals surface area contributed by atoms with E-state index >= 15 is 0 Å². The summed E-state index contributed by atoms with van der Waals surface area (Å²) < 4.78 is 5.56. The van der Waals surface area contributed by atoms with E-state index in [4.69, 9.17) is 4.74 Å². The van der Waals surface area contributed by atoms with Crippen molar-refractivity contribution in [1.82, 2.24) is 4.90 Å². The summed E-state index contributed by atoms with van der Waals surface area (Å²) >= 11 is 0. The van der Waals surface area contributed by atoms with Gasteiger partial charge in [0, 0.05) is 18.8 Å². The van der Waals surface area contributed by atoms with Crippen LogP contribution in [0.3, 0.4) is 0 Å². The standard InChI is InChI=1S/C14H20N2O2/c1-3-13-10-16(7-8-18-13)14(17)15-12-6-4-5-11(2)9-12/h4-6,9,13H,3,7-8,10H2,1-2H3,(H,15,17). The molecule has 1 aromatic rings. The van der Waals surface area contributed by atoms with E-state index < -0.39 is 0 Å². The van der Waals surface area contributed by atoms with Crippen LogP contribution in [0.2, 0.25) is 0 Å². The van der Waals surface area contributed by atoms with Crippen LogP contribution in [0.4, 0.5) is 10.5 Å². The van der Waals surface area contributed by atoms with Crippen molar-refractivity contribution in [3.05, 3.63) is 29.8 Å². The van der Waals surface area contributed by atoms with Gasteiger partial charge in [0.2, 0.25) is 0 Å². The van der Waals surface area contributed by atoms with E-state index in [2.05, 4.69) is 12.2 Å². The van der Waals surface area contributed by atoms with Gasteiger partial charge in [-0.2, -0.15) is 0 Å². The number of hydrogen-bond donors (Lipinski definition) is 1. The van der Waals surface area contributed by atoms with Gasteiger partial charge in [0.05, 0.1) is 12.7 Å². The SMILES string of the molecule is CCC1CN(C(=O)Nc2cccc(C)c2)CCO1. The minimum Gasteiger partial charge on any atom is -0.375 e. The van der Waals surface area contributed by atoms with Crippen molar-refractivity contribution in [3.63, 3.8) is 0 Å². The van der Waals surface area contributed by atoms with Crippen LogP contribution in [-0.2, 0) is 4.74 Å². The molecule has 0 aliphatic carbocycles. The summed E-state index contributed by atoms with van der Waals surface area (Å²) in [6.07, 6.45) is 1.11. The van der Waals surface area contributed by atoms with Gasteiger partial charge in [-0.05, 0) is 31.0 Å². The molecule has 1 aromatic carbocycles. The molecule has 0 bridgehead atoms. The number of aryl methyl sites for hydroxylation is 1. The van der Waals surface area contributed by atoms with Crippen molar-refractivity contribution >= 4 is 11.7 Å². The molecule has 1 N–H and O–H groups in total. The van der Waals surface area contributed by atoms with Gasteiger partial charge in [0.1, 0.15) is 0 Å². The first kappa shape index (κ1) is 12.9. The lowest BCUT2D eigenvalue weighted by atomic mass is 10.2. The van der Waals surface area contributed by atoms with Crippen LogP contribution in [0.25, 0.3) is 0 Å². The predicted molar refractivity (Wildman–Crippen MR) is 71.8 cm³/mol. The zero-order valence-corrected chi connectivity index (χ0v) is 11.0. The fraction of sp³-hybridized carbons (Fsp3) is 0.500. The molecule has 4 heteroatoms. The Morgan fingerprint density at radius 2 is 2.39 bits per heavy atom. The lowest BCUT2D eigenvalue weighted by Crippen LogP contribution is -2.47. The maximum Gasteiger partial charge on any atom is 0.322 e. The van der Waals surface area contributed by atoms with E-state index in [0.29, 0.717) is 19.7 Å². The fourth-order valence-corrected chi connectivity index (χ4v) is 2.08. The number of urea groups is 1. The van der Waals surface area contributed by atoms with Crippen LogP contribution in [-0.4, -0.2) is 36.7 Å². The highest BCUT2D eigenvalue weighted by Crippen LogP contribution is 2.13. The third kappa shape index (κ3) is 3.23. The predicted octanol–water partition coefficient (Wildman–Crippen LogP) is 2.64. The number of nitrogens with zero attached hydrogens (tertiary/aromatic N) is 1. The first-order chi connectivity index (χ1) is 8.69. The first-order valence-corrected chi connectivity index (χ1v) is 6.43. The van der Waals surface area contributed by atoms with Crippen molar-refractivity contribution in [3.8, 4) is 0 Å². The number of amides is 2. The van der Waals surface area contributed by atoms with Gasteiger partial charge in [-0.1, -0.05) is 19.1 Å². The van der Waals surface area contributed by atoms with Gasteiger partial charge in [-0.15, -0.1) is 0 Å². The van der Waals surface area contributed by atoms with E-state index in [1.165, 1.54) is 0 Å². The zero-order valence-electron chi connectivity index (χ0n) is 11.0. The number of benzene rings is 1. The number of carbonyl (C=O) groups is 1. The summed E-state index contributed by atoms with van der Waals surface area (Å²) in [6.45, 7) is 6.05. The molecular formula is C14H20N2O2. The monoisotopic (exact) mass is 248 g/mol. The highest BCUT2D eigenvalue weighted by molar-refractivity contribution is 5.89. The summed E-state index contributed by atoms with van der Waals surface area (Å²) in [6, 6.07) is 7.79. The maximum absolute atomic E-state index is 12.1. The molecule has 0 spiro atoms. The van der Waals surface area contributed by atoms with Crippen LogP contribution in [0.1, 0.15) is 18.9 Å².